The first-order chi connectivity index (χ1) is 13.1. The summed E-state index contributed by atoms with van der Waals surface area (Å²) in [5, 5.41) is 0. The highest BCUT2D eigenvalue weighted by Gasteiger charge is 2.19. The number of aryl methyl sites for hydroxylation is 1. The molecule has 0 spiro atoms. The Hall–Kier alpha value is -3.61. The molecule has 7 heteroatoms. The van der Waals surface area contributed by atoms with Gasteiger partial charge in [-0.05, 0) is 18.1 Å². The second kappa shape index (κ2) is 8.66. The summed E-state index contributed by atoms with van der Waals surface area (Å²) in [6, 6.07) is 18.4. The maximum Gasteiger partial charge on any atom is 0.376 e. The highest BCUT2D eigenvalue weighted by molar-refractivity contribution is 5.89. The van der Waals surface area contributed by atoms with E-state index in [9.17, 15) is 9.59 Å². The second-order valence-corrected chi connectivity index (χ2v) is 5.65. The fourth-order valence-electron chi connectivity index (χ4n) is 2.24. The molecule has 0 aliphatic heterocycles. The van der Waals surface area contributed by atoms with E-state index < -0.39 is 11.9 Å². The molecule has 3 rings (SSSR count). The van der Waals surface area contributed by atoms with E-state index in [0.29, 0.717) is 0 Å². The maximum atomic E-state index is 12.2. The fourth-order valence-corrected chi connectivity index (χ4v) is 2.24. The topological polar surface area (TPSA) is 91.3 Å². The first-order valence-electron chi connectivity index (χ1n) is 8.26. The van der Waals surface area contributed by atoms with Crippen LogP contribution in [-0.4, -0.2) is 26.9 Å². The van der Waals surface area contributed by atoms with Gasteiger partial charge in [0.2, 0.25) is 11.6 Å². The molecule has 27 heavy (non-hydrogen) atoms. The number of nitrogens with zero attached hydrogens (tertiary/aromatic N) is 3. The standard InChI is InChI=1S/C20H17N3O4/c1-14-21-17(19(24)26-12-15-8-4-2-5-9-15)23-18(22-14)20(25)27-13-16-10-6-3-7-11-16/h2-11H,12-13H2,1H3. The van der Waals surface area contributed by atoms with Gasteiger partial charge < -0.3 is 9.47 Å². The quantitative estimate of drug-likeness (QED) is 0.622. The molecule has 0 aliphatic carbocycles. The number of aromatic nitrogens is 3. The average molecular weight is 363 g/mol. The molecule has 0 bridgehead atoms. The van der Waals surface area contributed by atoms with Crippen molar-refractivity contribution in [1.82, 2.24) is 15.0 Å². The third-order valence-corrected chi connectivity index (χ3v) is 3.54. The van der Waals surface area contributed by atoms with E-state index in [-0.39, 0.29) is 30.7 Å². The van der Waals surface area contributed by atoms with E-state index in [1.165, 1.54) is 0 Å². The molecule has 0 fully saturated rings. The van der Waals surface area contributed by atoms with Crippen molar-refractivity contribution in [2.75, 3.05) is 0 Å². The molecule has 0 amide bonds. The average Bonchev–Trinajstić information content (AvgIpc) is 2.71. The lowest BCUT2D eigenvalue weighted by Gasteiger charge is -2.07. The summed E-state index contributed by atoms with van der Waals surface area (Å²) < 4.78 is 10.4. The smallest absolute Gasteiger partial charge is 0.376 e. The van der Waals surface area contributed by atoms with Crippen LogP contribution in [-0.2, 0) is 22.7 Å². The summed E-state index contributed by atoms with van der Waals surface area (Å²) in [7, 11) is 0. The SMILES string of the molecule is Cc1nc(C(=O)OCc2ccccc2)nc(C(=O)OCc2ccccc2)n1. The van der Waals surface area contributed by atoms with Gasteiger partial charge in [0, 0.05) is 0 Å². The summed E-state index contributed by atoms with van der Waals surface area (Å²) in [4.78, 5) is 36.2. The van der Waals surface area contributed by atoms with Crippen LogP contribution in [0.2, 0.25) is 0 Å². The number of rotatable bonds is 6. The number of esters is 2. The lowest BCUT2D eigenvalue weighted by molar-refractivity contribution is 0.0444. The molecule has 136 valence electrons. The molecule has 3 aromatic rings. The van der Waals surface area contributed by atoms with E-state index in [4.69, 9.17) is 9.47 Å². The molecule has 1 aromatic heterocycles. The van der Waals surface area contributed by atoms with Crippen LogP contribution in [0.4, 0.5) is 0 Å². The van der Waals surface area contributed by atoms with Crippen molar-refractivity contribution in [3.8, 4) is 0 Å². The summed E-state index contributed by atoms with van der Waals surface area (Å²) in [5.74, 6) is -1.71. The van der Waals surface area contributed by atoms with Gasteiger partial charge in [0.05, 0.1) is 0 Å². The monoisotopic (exact) mass is 363 g/mol. The first kappa shape index (κ1) is 18.2. The Balaban J connectivity index is 1.66. The zero-order valence-corrected chi connectivity index (χ0v) is 14.7. The van der Waals surface area contributed by atoms with Crippen molar-refractivity contribution < 1.29 is 19.1 Å². The molecule has 0 atom stereocenters. The van der Waals surface area contributed by atoms with Crippen molar-refractivity contribution in [2.24, 2.45) is 0 Å². The van der Waals surface area contributed by atoms with Crippen LogP contribution < -0.4 is 0 Å². The van der Waals surface area contributed by atoms with Crippen molar-refractivity contribution in [3.05, 3.63) is 89.3 Å². The van der Waals surface area contributed by atoms with E-state index in [1.807, 2.05) is 60.7 Å². The lowest BCUT2D eigenvalue weighted by atomic mass is 10.2. The van der Waals surface area contributed by atoms with Gasteiger partial charge in [-0.2, -0.15) is 4.98 Å². The van der Waals surface area contributed by atoms with Crippen LogP contribution in [0.5, 0.6) is 0 Å². The van der Waals surface area contributed by atoms with Crippen LogP contribution in [0.25, 0.3) is 0 Å². The van der Waals surface area contributed by atoms with Crippen LogP contribution >= 0.6 is 0 Å². The molecular weight excluding hydrogens is 346 g/mol. The van der Waals surface area contributed by atoms with Gasteiger partial charge in [-0.3, -0.25) is 0 Å². The molecule has 0 saturated carbocycles. The Bertz CT molecular complexity index is 857. The zero-order valence-electron chi connectivity index (χ0n) is 14.7. The number of carbonyl (C=O) groups is 2. The van der Waals surface area contributed by atoms with E-state index >= 15 is 0 Å². The highest BCUT2D eigenvalue weighted by atomic mass is 16.5. The third-order valence-electron chi connectivity index (χ3n) is 3.54. The highest BCUT2D eigenvalue weighted by Crippen LogP contribution is 2.06. The van der Waals surface area contributed by atoms with Crippen LogP contribution in [0.1, 0.15) is 38.2 Å². The maximum absolute atomic E-state index is 12.2. The Morgan fingerprint density at radius 1 is 0.704 bits per heavy atom. The molecule has 0 N–H and O–H groups in total. The fraction of sp³-hybridized carbons (Fsp3) is 0.150. The van der Waals surface area contributed by atoms with Gasteiger partial charge in [0.1, 0.15) is 19.0 Å². The first-order valence-corrected chi connectivity index (χ1v) is 8.26. The van der Waals surface area contributed by atoms with Gasteiger partial charge in [-0.25, -0.2) is 19.6 Å². The Morgan fingerprint density at radius 3 is 1.52 bits per heavy atom. The summed E-state index contributed by atoms with van der Waals surface area (Å²) in [6.07, 6.45) is 0. The molecule has 2 aromatic carbocycles. The molecule has 7 nitrogen and oxygen atoms in total. The van der Waals surface area contributed by atoms with E-state index in [2.05, 4.69) is 15.0 Å². The Labute approximate surface area is 156 Å². The summed E-state index contributed by atoms with van der Waals surface area (Å²) in [5.41, 5.74) is 1.67. The van der Waals surface area contributed by atoms with Crippen molar-refractivity contribution >= 4 is 11.9 Å². The Morgan fingerprint density at radius 2 is 1.11 bits per heavy atom. The third kappa shape index (κ3) is 5.18. The summed E-state index contributed by atoms with van der Waals surface area (Å²) >= 11 is 0. The second-order valence-electron chi connectivity index (χ2n) is 5.65. The van der Waals surface area contributed by atoms with Crippen molar-refractivity contribution in [1.29, 1.82) is 0 Å². The van der Waals surface area contributed by atoms with Gasteiger partial charge in [0.15, 0.2) is 0 Å². The molecule has 0 unspecified atom stereocenters. The number of hydrogen-bond donors (Lipinski definition) is 0. The molecule has 0 saturated heterocycles. The van der Waals surface area contributed by atoms with Crippen molar-refractivity contribution in [2.45, 2.75) is 20.1 Å². The molecular formula is C20H17N3O4. The minimum Gasteiger partial charge on any atom is -0.455 e. The lowest BCUT2D eigenvalue weighted by Crippen LogP contribution is -2.18. The van der Waals surface area contributed by atoms with Gasteiger partial charge in [-0.15, -0.1) is 0 Å². The van der Waals surface area contributed by atoms with Crippen LogP contribution in [0.15, 0.2) is 60.7 Å². The summed E-state index contributed by atoms with van der Waals surface area (Å²) in [6.45, 7) is 1.72. The van der Waals surface area contributed by atoms with E-state index in [1.54, 1.807) is 6.92 Å². The largest absolute Gasteiger partial charge is 0.455 e. The predicted octanol–water partition coefficient (Wildman–Crippen LogP) is 2.89. The van der Waals surface area contributed by atoms with Crippen LogP contribution in [0, 0.1) is 6.92 Å². The molecule has 1 heterocycles. The molecule has 0 radical (unpaired) electrons. The normalized spacial score (nSPS) is 10.3. The number of benzene rings is 2. The molecule has 0 aliphatic rings. The number of carbonyl (C=O) groups excluding carboxylic acids is 2. The van der Waals surface area contributed by atoms with Gasteiger partial charge in [0.25, 0.3) is 0 Å². The van der Waals surface area contributed by atoms with Gasteiger partial charge in [-0.1, -0.05) is 60.7 Å². The Kier molecular flexibility index (Phi) is 5.84. The van der Waals surface area contributed by atoms with E-state index in [0.717, 1.165) is 11.1 Å². The van der Waals surface area contributed by atoms with Crippen LogP contribution in [0.3, 0.4) is 0 Å². The number of ether oxygens (including phenoxy) is 2. The number of hydrogen-bond acceptors (Lipinski definition) is 7. The zero-order chi connectivity index (χ0) is 19.1. The minimum absolute atomic E-state index is 0.0815. The van der Waals surface area contributed by atoms with Gasteiger partial charge >= 0.3 is 11.9 Å². The van der Waals surface area contributed by atoms with Crippen molar-refractivity contribution in [3.63, 3.8) is 0 Å². The predicted molar refractivity (Wildman–Crippen MR) is 95.7 cm³/mol. The minimum atomic E-state index is -0.735.